The average molecular weight is 417 g/mol. The Balaban J connectivity index is 1.29. The van der Waals surface area contributed by atoms with Gasteiger partial charge in [-0.2, -0.15) is 0 Å². The van der Waals surface area contributed by atoms with E-state index in [2.05, 4.69) is 20.5 Å². The highest BCUT2D eigenvalue weighted by Gasteiger charge is 2.21. The van der Waals surface area contributed by atoms with Gasteiger partial charge in [0, 0.05) is 31.9 Å². The molecule has 1 aromatic heterocycles. The van der Waals surface area contributed by atoms with Crippen LogP contribution >= 0.6 is 0 Å². The second-order valence-corrected chi connectivity index (χ2v) is 7.88. The van der Waals surface area contributed by atoms with Crippen LogP contribution in [0.25, 0.3) is 0 Å². The van der Waals surface area contributed by atoms with Crippen LogP contribution < -0.4 is 15.4 Å². The first-order valence-corrected chi connectivity index (χ1v) is 10.7. The van der Waals surface area contributed by atoms with Crippen molar-refractivity contribution >= 4 is 11.7 Å². The lowest BCUT2D eigenvalue weighted by Gasteiger charge is -2.32. The van der Waals surface area contributed by atoms with Crippen LogP contribution in [0.4, 0.5) is 10.5 Å². The molecule has 0 radical (unpaired) electrons. The zero-order chi connectivity index (χ0) is 21.5. The molecule has 0 aliphatic carbocycles. The normalized spacial score (nSPS) is 14.7. The van der Waals surface area contributed by atoms with Crippen molar-refractivity contribution in [2.24, 2.45) is 0 Å². The van der Waals surface area contributed by atoms with Crippen molar-refractivity contribution < 1.29 is 9.53 Å². The number of amides is 2. The number of anilines is 1. The lowest BCUT2D eigenvalue weighted by Crippen LogP contribution is -2.45. The van der Waals surface area contributed by atoms with Gasteiger partial charge in [-0.05, 0) is 61.7 Å². The van der Waals surface area contributed by atoms with Crippen molar-refractivity contribution in [1.29, 1.82) is 0 Å². The van der Waals surface area contributed by atoms with Gasteiger partial charge in [-0.15, -0.1) is 0 Å². The van der Waals surface area contributed by atoms with Crippen molar-refractivity contribution in [3.05, 3.63) is 84.2 Å². The van der Waals surface area contributed by atoms with Gasteiger partial charge in [0.05, 0.1) is 11.4 Å². The average Bonchev–Trinajstić information content (AvgIpc) is 2.77. The Morgan fingerprint density at radius 2 is 1.87 bits per heavy atom. The largest absolute Gasteiger partial charge is 0.455 e. The second-order valence-electron chi connectivity index (χ2n) is 7.88. The van der Waals surface area contributed by atoms with Crippen LogP contribution in [-0.4, -0.2) is 35.0 Å². The van der Waals surface area contributed by atoms with Crippen LogP contribution in [0.1, 0.15) is 24.1 Å². The van der Waals surface area contributed by atoms with E-state index in [9.17, 15) is 4.79 Å². The maximum atomic E-state index is 12.6. The third kappa shape index (κ3) is 6.06. The third-order valence-corrected chi connectivity index (χ3v) is 5.39. The van der Waals surface area contributed by atoms with E-state index in [0.29, 0.717) is 11.4 Å². The summed E-state index contributed by atoms with van der Waals surface area (Å²) in [4.78, 5) is 19.4. The number of piperidine rings is 1. The molecule has 160 valence electrons. The summed E-state index contributed by atoms with van der Waals surface area (Å²) in [7, 11) is 0. The van der Waals surface area contributed by atoms with Gasteiger partial charge >= 0.3 is 6.03 Å². The zero-order valence-corrected chi connectivity index (χ0v) is 17.8. The number of nitrogens with zero attached hydrogens (tertiary/aromatic N) is 2. The van der Waals surface area contributed by atoms with Gasteiger partial charge in [0.25, 0.3) is 0 Å². The molecule has 0 bridgehead atoms. The standard InChI is InChI=1S/C25H28N4O2/c1-19-7-6-9-22(17-19)31-24-11-3-2-10-23(24)28-25(30)27-20-12-15-29(16-13-20)18-21-8-4-5-14-26-21/h2-11,14,17,20H,12-13,15-16,18H2,1H3,(H2,27,28,30). The van der Waals surface area contributed by atoms with Crippen LogP contribution in [0.2, 0.25) is 0 Å². The minimum absolute atomic E-state index is 0.157. The van der Waals surface area contributed by atoms with Crippen molar-refractivity contribution in [1.82, 2.24) is 15.2 Å². The minimum atomic E-state index is -0.205. The molecule has 1 aliphatic rings. The Hall–Kier alpha value is -3.38. The van der Waals surface area contributed by atoms with Gasteiger partial charge in [-0.25, -0.2) is 4.79 Å². The molecule has 2 amide bonds. The molecule has 0 saturated carbocycles. The smallest absolute Gasteiger partial charge is 0.319 e. The highest BCUT2D eigenvalue weighted by atomic mass is 16.5. The molecule has 4 rings (SSSR count). The Morgan fingerprint density at radius 3 is 2.65 bits per heavy atom. The number of rotatable bonds is 6. The van der Waals surface area contributed by atoms with E-state index >= 15 is 0 Å². The topological polar surface area (TPSA) is 66.5 Å². The van der Waals surface area contributed by atoms with E-state index in [-0.39, 0.29) is 12.1 Å². The molecule has 0 unspecified atom stereocenters. The number of hydrogen-bond acceptors (Lipinski definition) is 4. The van der Waals surface area contributed by atoms with Crippen molar-refractivity contribution in [3.8, 4) is 11.5 Å². The number of likely N-dealkylation sites (tertiary alicyclic amines) is 1. The molecule has 2 N–H and O–H groups in total. The fraction of sp³-hybridized carbons (Fsp3) is 0.280. The first kappa shape index (κ1) is 20.9. The number of para-hydroxylation sites is 2. The minimum Gasteiger partial charge on any atom is -0.455 e. The molecule has 1 aliphatic heterocycles. The van der Waals surface area contributed by atoms with Crippen LogP contribution in [0.5, 0.6) is 11.5 Å². The fourth-order valence-corrected chi connectivity index (χ4v) is 3.76. The molecule has 1 saturated heterocycles. The quantitative estimate of drug-likeness (QED) is 0.595. The summed E-state index contributed by atoms with van der Waals surface area (Å²) < 4.78 is 6.00. The van der Waals surface area contributed by atoms with E-state index in [1.54, 1.807) is 0 Å². The summed E-state index contributed by atoms with van der Waals surface area (Å²) in [5, 5.41) is 6.05. The SMILES string of the molecule is Cc1cccc(Oc2ccccc2NC(=O)NC2CCN(Cc3ccccn3)CC2)c1. The molecule has 2 heterocycles. The Bertz CT molecular complexity index is 1000. The number of urea groups is 1. The van der Waals surface area contributed by atoms with Crippen molar-refractivity contribution in [2.75, 3.05) is 18.4 Å². The van der Waals surface area contributed by atoms with Crippen LogP contribution in [0.3, 0.4) is 0 Å². The lowest BCUT2D eigenvalue weighted by atomic mass is 10.1. The number of aromatic nitrogens is 1. The van der Waals surface area contributed by atoms with Gasteiger partial charge < -0.3 is 15.4 Å². The van der Waals surface area contributed by atoms with Gasteiger partial charge in [0.2, 0.25) is 0 Å². The molecule has 2 aromatic carbocycles. The second kappa shape index (κ2) is 10.1. The first-order chi connectivity index (χ1) is 15.2. The first-order valence-electron chi connectivity index (χ1n) is 10.7. The molecule has 31 heavy (non-hydrogen) atoms. The molecule has 3 aromatic rings. The molecule has 0 atom stereocenters. The maximum Gasteiger partial charge on any atom is 0.319 e. The molecule has 6 nitrogen and oxygen atoms in total. The van der Waals surface area contributed by atoms with E-state index in [1.807, 2.05) is 79.9 Å². The lowest BCUT2D eigenvalue weighted by molar-refractivity contribution is 0.188. The van der Waals surface area contributed by atoms with Gasteiger partial charge in [-0.3, -0.25) is 9.88 Å². The highest BCUT2D eigenvalue weighted by Crippen LogP contribution is 2.29. The molecular formula is C25H28N4O2. The van der Waals surface area contributed by atoms with Gasteiger partial charge in [0.15, 0.2) is 5.75 Å². The third-order valence-electron chi connectivity index (χ3n) is 5.39. The summed E-state index contributed by atoms with van der Waals surface area (Å²) in [5.41, 5.74) is 2.85. The number of ether oxygens (including phenoxy) is 1. The Labute approximate surface area is 183 Å². The van der Waals surface area contributed by atoms with Crippen LogP contribution in [-0.2, 0) is 6.54 Å². The summed E-state index contributed by atoms with van der Waals surface area (Å²) in [6, 6.07) is 21.3. The summed E-state index contributed by atoms with van der Waals surface area (Å²) in [6.07, 6.45) is 3.66. The molecule has 1 fully saturated rings. The fourth-order valence-electron chi connectivity index (χ4n) is 3.76. The summed E-state index contributed by atoms with van der Waals surface area (Å²) in [5.74, 6) is 1.36. The Morgan fingerprint density at radius 1 is 1.06 bits per heavy atom. The number of nitrogens with one attached hydrogen (secondary N) is 2. The predicted octanol–water partition coefficient (Wildman–Crippen LogP) is 4.97. The van der Waals surface area contributed by atoms with Crippen LogP contribution in [0.15, 0.2) is 72.9 Å². The number of carbonyl (C=O) groups excluding carboxylic acids is 1. The van der Waals surface area contributed by atoms with E-state index < -0.39 is 0 Å². The Kier molecular flexibility index (Phi) is 6.79. The maximum absolute atomic E-state index is 12.6. The number of aryl methyl sites for hydroxylation is 1. The van der Waals surface area contributed by atoms with Crippen molar-refractivity contribution in [3.63, 3.8) is 0 Å². The number of hydrogen-bond donors (Lipinski definition) is 2. The predicted molar refractivity (Wildman–Crippen MR) is 122 cm³/mol. The number of carbonyl (C=O) groups is 1. The highest BCUT2D eigenvalue weighted by molar-refractivity contribution is 5.91. The summed E-state index contributed by atoms with van der Waals surface area (Å²) >= 11 is 0. The molecular weight excluding hydrogens is 388 g/mol. The monoisotopic (exact) mass is 416 g/mol. The number of pyridine rings is 1. The van der Waals surface area contributed by atoms with E-state index in [0.717, 1.165) is 49.5 Å². The molecule has 0 spiro atoms. The summed E-state index contributed by atoms with van der Waals surface area (Å²) in [6.45, 7) is 4.75. The van der Waals surface area contributed by atoms with Gasteiger partial charge in [0.1, 0.15) is 5.75 Å². The van der Waals surface area contributed by atoms with Crippen LogP contribution in [0, 0.1) is 6.92 Å². The van der Waals surface area contributed by atoms with E-state index in [4.69, 9.17) is 4.74 Å². The molecule has 6 heteroatoms. The van der Waals surface area contributed by atoms with Crippen molar-refractivity contribution in [2.45, 2.75) is 32.4 Å². The van der Waals surface area contributed by atoms with Gasteiger partial charge in [-0.1, -0.05) is 30.3 Å². The number of benzene rings is 2. The van der Waals surface area contributed by atoms with E-state index in [1.165, 1.54) is 0 Å². The zero-order valence-electron chi connectivity index (χ0n) is 17.8.